The predicted molar refractivity (Wildman–Crippen MR) is 94.2 cm³/mol. The Kier molecular flexibility index (Phi) is 7.85. The van der Waals surface area contributed by atoms with Crippen molar-refractivity contribution in [3.8, 4) is 0 Å². The van der Waals surface area contributed by atoms with Gasteiger partial charge < -0.3 is 20.7 Å². The summed E-state index contributed by atoms with van der Waals surface area (Å²) in [5.41, 5.74) is 0.189. The summed E-state index contributed by atoms with van der Waals surface area (Å²) in [6, 6.07) is 6.96. The fourth-order valence-electron chi connectivity index (χ4n) is 1.69. The second-order valence-corrected chi connectivity index (χ2v) is 5.96. The van der Waals surface area contributed by atoms with Gasteiger partial charge in [0.1, 0.15) is 0 Å². The van der Waals surface area contributed by atoms with Crippen molar-refractivity contribution in [2.24, 2.45) is 4.99 Å². The van der Waals surface area contributed by atoms with Gasteiger partial charge in [-0.1, -0.05) is 23.7 Å². The van der Waals surface area contributed by atoms with E-state index in [4.69, 9.17) is 16.3 Å². The average Bonchev–Trinajstić information content (AvgIpc) is 2.54. The normalized spacial score (nSPS) is 12.0. The maximum Gasteiger partial charge on any atom is 0.252 e. The van der Waals surface area contributed by atoms with Crippen LogP contribution in [-0.4, -0.2) is 51.3 Å². The molecule has 0 saturated heterocycles. The summed E-state index contributed by atoms with van der Waals surface area (Å²) < 4.78 is 5.34. The molecule has 0 aliphatic rings. The van der Waals surface area contributed by atoms with Gasteiger partial charge in [0.05, 0.1) is 16.2 Å². The van der Waals surface area contributed by atoms with Crippen molar-refractivity contribution in [2.75, 3.05) is 33.8 Å². The minimum atomic E-state index is -0.282. The lowest BCUT2D eigenvalue weighted by Gasteiger charge is -2.24. The Morgan fingerprint density at radius 3 is 2.48 bits per heavy atom. The Morgan fingerprint density at radius 1 is 1.22 bits per heavy atom. The number of nitrogens with zero attached hydrogens (tertiary/aromatic N) is 1. The summed E-state index contributed by atoms with van der Waals surface area (Å²) in [6.07, 6.45) is 0. The van der Waals surface area contributed by atoms with E-state index in [1.165, 1.54) is 0 Å². The van der Waals surface area contributed by atoms with Crippen molar-refractivity contribution < 1.29 is 9.53 Å². The highest BCUT2D eigenvalue weighted by molar-refractivity contribution is 6.33. The molecule has 1 amide bonds. The van der Waals surface area contributed by atoms with Crippen LogP contribution in [0.15, 0.2) is 29.3 Å². The van der Waals surface area contributed by atoms with Crippen LogP contribution in [0.2, 0.25) is 5.02 Å². The number of nitrogens with one attached hydrogen (secondary N) is 3. The van der Waals surface area contributed by atoms with E-state index in [2.05, 4.69) is 20.9 Å². The minimum Gasteiger partial charge on any atom is -0.377 e. The summed E-state index contributed by atoms with van der Waals surface area (Å²) in [4.78, 5) is 16.1. The number of hydrogen-bond acceptors (Lipinski definition) is 3. The van der Waals surface area contributed by atoms with Gasteiger partial charge in [0.2, 0.25) is 0 Å². The number of hydrogen-bond donors (Lipinski definition) is 3. The molecular formula is C16H25ClN4O2. The topological polar surface area (TPSA) is 74.8 Å². The molecule has 0 heterocycles. The molecule has 1 aromatic carbocycles. The summed E-state index contributed by atoms with van der Waals surface area (Å²) in [5, 5.41) is 9.54. The first-order valence-electron chi connectivity index (χ1n) is 7.42. The molecule has 0 unspecified atom stereocenters. The SMILES string of the molecule is CN=C(NCCNC(=O)c1ccccc1Cl)NCC(C)(C)OC. The van der Waals surface area contributed by atoms with Crippen molar-refractivity contribution in [1.29, 1.82) is 0 Å². The van der Waals surface area contributed by atoms with Gasteiger partial charge in [0.25, 0.3) is 5.91 Å². The van der Waals surface area contributed by atoms with Gasteiger partial charge in [-0.3, -0.25) is 9.79 Å². The number of guanidine groups is 1. The van der Waals surface area contributed by atoms with E-state index < -0.39 is 0 Å². The Bertz CT molecular complexity index is 547. The molecule has 0 fully saturated rings. The molecule has 3 N–H and O–H groups in total. The fourth-order valence-corrected chi connectivity index (χ4v) is 1.91. The van der Waals surface area contributed by atoms with Gasteiger partial charge in [-0.15, -0.1) is 0 Å². The maximum absolute atomic E-state index is 12.0. The molecule has 7 heteroatoms. The average molecular weight is 341 g/mol. The minimum absolute atomic E-state index is 0.194. The number of halogens is 1. The van der Waals surface area contributed by atoms with E-state index in [-0.39, 0.29) is 11.5 Å². The molecule has 0 radical (unpaired) electrons. The summed E-state index contributed by atoms with van der Waals surface area (Å²) >= 11 is 5.99. The lowest BCUT2D eigenvalue weighted by molar-refractivity contribution is 0.0268. The first-order valence-corrected chi connectivity index (χ1v) is 7.80. The molecule has 6 nitrogen and oxygen atoms in total. The molecule has 1 aromatic rings. The Balaban J connectivity index is 2.33. The summed E-state index contributed by atoms with van der Waals surface area (Å²) in [7, 11) is 3.36. The van der Waals surface area contributed by atoms with Gasteiger partial charge in [-0.25, -0.2) is 0 Å². The summed E-state index contributed by atoms with van der Waals surface area (Å²) in [5.74, 6) is 0.461. The van der Waals surface area contributed by atoms with Crippen LogP contribution in [0.3, 0.4) is 0 Å². The third-order valence-corrected chi connectivity index (χ3v) is 3.61. The lowest BCUT2D eigenvalue weighted by atomic mass is 10.1. The zero-order valence-corrected chi connectivity index (χ0v) is 14.8. The van der Waals surface area contributed by atoms with Crippen LogP contribution in [0.25, 0.3) is 0 Å². The summed E-state index contributed by atoms with van der Waals surface area (Å²) in [6.45, 7) is 5.59. The highest BCUT2D eigenvalue weighted by atomic mass is 35.5. The third-order valence-electron chi connectivity index (χ3n) is 3.28. The smallest absolute Gasteiger partial charge is 0.252 e. The molecule has 1 rings (SSSR count). The Labute approximate surface area is 142 Å². The highest BCUT2D eigenvalue weighted by Gasteiger charge is 2.16. The molecular weight excluding hydrogens is 316 g/mol. The highest BCUT2D eigenvalue weighted by Crippen LogP contribution is 2.14. The number of methoxy groups -OCH3 is 1. The third kappa shape index (κ3) is 6.88. The number of carbonyl (C=O) groups is 1. The van der Waals surface area contributed by atoms with Crippen LogP contribution in [0.1, 0.15) is 24.2 Å². The van der Waals surface area contributed by atoms with Gasteiger partial charge >= 0.3 is 0 Å². The monoisotopic (exact) mass is 340 g/mol. The van der Waals surface area contributed by atoms with E-state index in [1.54, 1.807) is 38.4 Å². The first-order chi connectivity index (χ1) is 10.9. The van der Waals surface area contributed by atoms with Crippen LogP contribution in [0.5, 0.6) is 0 Å². The van der Waals surface area contributed by atoms with Crippen LogP contribution >= 0.6 is 11.6 Å². The van der Waals surface area contributed by atoms with Gasteiger partial charge in [0, 0.05) is 33.8 Å². The van der Waals surface area contributed by atoms with Gasteiger partial charge in [-0.2, -0.15) is 0 Å². The van der Waals surface area contributed by atoms with E-state index in [0.29, 0.717) is 36.2 Å². The van der Waals surface area contributed by atoms with Crippen LogP contribution < -0.4 is 16.0 Å². The standard InChI is InChI=1S/C16H25ClN4O2/c1-16(2,23-4)11-21-15(18-3)20-10-9-19-14(22)12-7-5-6-8-13(12)17/h5-8H,9-11H2,1-4H3,(H,19,22)(H2,18,20,21). The second kappa shape index (κ2) is 9.37. The molecule has 0 spiro atoms. The van der Waals surface area contributed by atoms with E-state index in [9.17, 15) is 4.79 Å². The van der Waals surface area contributed by atoms with Crippen molar-refractivity contribution in [3.05, 3.63) is 34.9 Å². The Hall–Kier alpha value is -1.79. The number of ether oxygens (including phenoxy) is 1. The van der Waals surface area contributed by atoms with Crippen LogP contribution in [-0.2, 0) is 4.74 Å². The zero-order chi connectivity index (χ0) is 17.3. The van der Waals surface area contributed by atoms with E-state index in [1.807, 2.05) is 13.8 Å². The molecule has 0 aliphatic carbocycles. The molecule has 0 saturated carbocycles. The largest absolute Gasteiger partial charge is 0.377 e. The van der Waals surface area contributed by atoms with Crippen LogP contribution in [0.4, 0.5) is 0 Å². The predicted octanol–water partition coefficient (Wildman–Crippen LogP) is 1.66. The molecule has 0 aromatic heterocycles. The second-order valence-electron chi connectivity index (χ2n) is 5.55. The first kappa shape index (κ1) is 19.3. The van der Waals surface area contributed by atoms with Crippen molar-refractivity contribution in [1.82, 2.24) is 16.0 Å². The number of rotatable bonds is 7. The fraction of sp³-hybridized carbons (Fsp3) is 0.500. The lowest BCUT2D eigenvalue weighted by Crippen LogP contribution is -2.46. The van der Waals surface area contributed by atoms with Gasteiger partial charge in [-0.05, 0) is 26.0 Å². The van der Waals surface area contributed by atoms with E-state index >= 15 is 0 Å². The molecule has 0 aliphatic heterocycles. The number of benzene rings is 1. The van der Waals surface area contributed by atoms with Gasteiger partial charge in [0.15, 0.2) is 5.96 Å². The van der Waals surface area contributed by atoms with Crippen molar-refractivity contribution >= 4 is 23.5 Å². The molecule has 0 bridgehead atoms. The number of amides is 1. The quantitative estimate of drug-likeness (QED) is 0.401. The molecule has 0 atom stereocenters. The van der Waals surface area contributed by atoms with E-state index in [0.717, 1.165) is 0 Å². The number of carbonyl (C=O) groups excluding carboxylic acids is 1. The zero-order valence-electron chi connectivity index (χ0n) is 14.1. The maximum atomic E-state index is 12.0. The van der Waals surface area contributed by atoms with Crippen molar-refractivity contribution in [3.63, 3.8) is 0 Å². The van der Waals surface area contributed by atoms with Crippen molar-refractivity contribution in [2.45, 2.75) is 19.4 Å². The number of aliphatic imine (C=N–C) groups is 1. The van der Waals surface area contributed by atoms with Crippen LogP contribution in [0, 0.1) is 0 Å². The Morgan fingerprint density at radius 2 is 1.87 bits per heavy atom. The molecule has 128 valence electrons. The molecule has 23 heavy (non-hydrogen) atoms.